The Kier molecular flexibility index (Phi) is 2.81. The van der Waals surface area contributed by atoms with Crippen LogP contribution >= 0.6 is 0 Å². The highest BCUT2D eigenvalue weighted by atomic mass is 16.5. The predicted molar refractivity (Wildman–Crippen MR) is 61.7 cm³/mol. The first kappa shape index (κ1) is 10.5. The fraction of sp³-hybridized carbons (Fsp3) is 0.250. The van der Waals surface area contributed by atoms with Crippen molar-refractivity contribution in [2.45, 2.75) is 0 Å². The van der Waals surface area contributed by atoms with E-state index in [1.165, 1.54) is 0 Å². The predicted octanol–water partition coefficient (Wildman–Crippen LogP) is 2.10. The van der Waals surface area contributed by atoms with Crippen LogP contribution in [0.2, 0.25) is 0 Å². The third kappa shape index (κ3) is 1.86. The zero-order chi connectivity index (χ0) is 11.5. The Hall–Kier alpha value is -1.97. The SMILES string of the molecule is COc1ccc(OC)c(-c2cn(C)cn2)c1. The topological polar surface area (TPSA) is 36.3 Å². The summed E-state index contributed by atoms with van der Waals surface area (Å²) >= 11 is 0. The molecule has 2 rings (SSSR count). The second kappa shape index (κ2) is 4.26. The lowest BCUT2D eigenvalue weighted by molar-refractivity contribution is 0.404. The van der Waals surface area contributed by atoms with Crippen molar-refractivity contribution in [3.63, 3.8) is 0 Å². The highest BCUT2D eigenvalue weighted by Crippen LogP contribution is 2.31. The lowest BCUT2D eigenvalue weighted by Gasteiger charge is -2.08. The molecule has 0 fully saturated rings. The molecule has 0 aliphatic heterocycles. The number of nitrogens with zero attached hydrogens (tertiary/aromatic N) is 2. The Labute approximate surface area is 94.4 Å². The van der Waals surface area contributed by atoms with Gasteiger partial charge in [-0.25, -0.2) is 4.98 Å². The summed E-state index contributed by atoms with van der Waals surface area (Å²) in [6.07, 6.45) is 3.70. The van der Waals surface area contributed by atoms with Gasteiger partial charge in [0, 0.05) is 18.8 Å². The number of aromatic nitrogens is 2. The summed E-state index contributed by atoms with van der Waals surface area (Å²) in [5.41, 5.74) is 1.81. The van der Waals surface area contributed by atoms with Gasteiger partial charge in [-0.3, -0.25) is 0 Å². The Balaban J connectivity index is 2.52. The fourth-order valence-corrected chi connectivity index (χ4v) is 1.57. The van der Waals surface area contributed by atoms with Crippen molar-refractivity contribution >= 4 is 0 Å². The smallest absolute Gasteiger partial charge is 0.128 e. The summed E-state index contributed by atoms with van der Waals surface area (Å²) in [4.78, 5) is 4.30. The maximum Gasteiger partial charge on any atom is 0.128 e. The number of rotatable bonds is 3. The van der Waals surface area contributed by atoms with E-state index in [0.717, 1.165) is 22.8 Å². The minimum atomic E-state index is 0.791. The summed E-state index contributed by atoms with van der Waals surface area (Å²) < 4.78 is 12.4. The third-order valence-electron chi connectivity index (χ3n) is 2.39. The second-order valence-corrected chi connectivity index (χ2v) is 3.49. The third-order valence-corrected chi connectivity index (χ3v) is 2.39. The number of methoxy groups -OCH3 is 2. The minimum absolute atomic E-state index is 0.791. The molecule has 16 heavy (non-hydrogen) atoms. The second-order valence-electron chi connectivity index (χ2n) is 3.49. The van der Waals surface area contributed by atoms with Crippen molar-refractivity contribution in [3.05, 3.63) is 30.7 Å². The largest absolute Gasteiger partial charge is 0.497 e. The molecule has 0 bridgehead atoms. The van der Waals surface area contributed by atoms with Crippen LogP contribution in [0.3, 0.4) is 0 Å². The molecule has 0 atom stereocenters. The van der Waals surface area contributed by atoms with Crippen LogP contribution in [0.1, 0.15) is 0 Å². The summed E-state index contributed by atoms with van der Waals surface area (Å²) in [5, 5.41) is 0. The van der Waals surface area contributed by atoms with Crippen LogP contribution in [0.25, 0.3) is 11.3 Å². The van der Waals surface area contributed by atoms with Gasteiger partial charge in [0.15, 0.2) is 0 Å². The van der Waals surface area contributed by atoms with Gasteiger partial charge in [-0.15, -0.1) is 0 Å². The van der Waals surface area contributed by atoms with Crippen LogP contribution in [-0.4, -0.2) is 23.8 Å². The van der Waals surface area contributed by atoms with Crippen molar-refractivity contribution in [1.82, 2.24) is 9.55 Å². The molecule has 1 aromatic heterocycles. The molecule has 84 valence electrons. The monoisotopic (exact) mass is 218 g/mol. The van der Waals surface area contributed by atoms with E-state index in [1.807, 2.05) is 36.0 Å². The van der Waals surface area contributed by atoms with Gasteiger partial charge in [-0.2, -0.15) is 0 Å². The molecule has 0 amide bonds. The molecule has 4 nitrogen and oxygen atoms in total. The summed E-state index contributed by atoms with van der Waals surface area (Å²) in [7, 11) is 5.22. The van der Waals surface area contributed by atoms with E-state index >= 15 is 0 Å². The van der Waals surface area contributed by atoms with Crippen LogP contribution < -0.4 is 9.47 Å². The molecule has 2 aromatic rings. The molecule has 0 radical (unpaired) electrons. The van der Waals surface area contributed by atoms with Gasteiger partial charge in [0.1, 0.15) is 11.5 Å². The van der Waals surface area contributed by atoms with Gasteiger partial charge in [0.2, 0.25) is 0 Å². The Morgan fingerprint density at radius 1 is 1.19 bits per heavy atom. The standard InChI is InChI=1S/C12H14N2O2/c1-14-7-11(13-8-14)10-6-9(15-2)4-5-12(10)16-3/h4-8H,1-3H3. The molecular weight excluding hydrogens is 204 g/mol. The van der Waals surface area contributed by atoms with Gasteiger partial charge in [0.25, 0.3) is 0 Å². The molecule has 0 spiro atoms. The van der Waals surface area contributed by atoms with Gasteiger partial charge in [0.05, 0.1) is 26.2 Å². The maximum absolute atomic E-state index is 5.30. The normalized spacial score (nSPS) is 10.2. The van der Waals surface area contributed by atoms with Crippen LogP contribution in [0.5, 0.6) is 11.5 Å². The first-order chi connectivity index (χ1) is 7.74. The van der Waals surface area contributed by atoms with Gasteiger partial charge < -0.3 is 14.0 Å². The van der Waals surface area contributed by atoms with E-state index in [4.69, 9.17) is 9.47 Å². The van der Waals surface area contributed by atoms with E-state index in [1.54, 1.807) is 20.5 Å². The lowest BCUT2D eigenvalue weighted by atomic mass is 10.1. The molecule has 0 unspecified atom stereocenters. The Morgan fingerprint density at radius 2 is 2.00 bits per heavy atom. The Morgan fingerprint density at radius 3 is 2.56 bits per heavy atom. The summed E-state index contributed by atoms with van der Waals surface area (Å²) in [5.74, 6) is 1.58. The lowest BCUT2D eigenvalue weighted by Crippen LogP contribution is -1.90. The zero-order valence-electron chi connectivity index (χ0n) is 9.60. The Bertz CT molecular complexity index is 492. The average Bonchev–Trinajstić information content (AvgIpc) is 2.75. The van der Waals surface area contributed by atoms with E-state index in [0.29, 0.717) is 0 Å². The molecule has 0 aliphatic carbocycles. The maximum atomic E-state index is 5.30. The first-order valence-corrected chi connectivity index (χ1v) is 4.95. The van der Waals surface area contributed by atoms with E-state index in [2.05, 4.69) is 4.98 Å². The van der Waals surface area contributed by atoms with Gasteiger partial charge >= 0.3 is 0 Å². The van der Waals surface area contributed by atoms with Crippen molar-refractivity contribution in [3.8, 4) is 22.8 Å². The molecule has 4 heteroatoms. The first-order valence-electron chi connectivity index (χ1n) is 4.95. The van der Waals surface area contributed by atoms with Crippen molar-refractivity contribution in [2.75, 3.05) is 14.2 Å². The quantitative estimate of drug-likeness (QED) is 0.791. The number of benzene rings is 1. The van der Waals surface area contributed by atoms with Gasteiger partial charge in [-0.1, -0.05) is 0 Å². The highest BCUT2D eigenvalue weighted by molar-refractivity contribution is 5.68. The number of ether oxygens (including phenoxy) is 2. The van der Waals surface area contributed by atoms with Crippen LogP contribution in [-0.2, 0) is 7.05 Å². The molecule has 0 saturated heterocycles. The number of hydrogen-bond acceptors (Lipinski definition) is 3. The molecule has 0 N–H and O–H groups in total. The van der Waals surface area contributed by atoms with Crippen molar-refractivity contribution < 1.29 is 9.47 Å². The van der Waals surface area contributed by atoms with Crippen LogP contribution in [0.15, 0.2) is 30.7 Å². The van der Waals surface area contributed by atoms with Crippen molar-refractivity contribution in [1.29, 1.82) is 0 Å². The van der Waals surface area contributed by atoms with Crippen LogP contribution in [0, 0.1) is 0 Å². The number of hydrogen-bond donors (Lipinski definition) is 0. The summed E-state index contributed by atoms with van der Waals surface area (Å²) in [6.45, 7) is 0. The zero-order valence-corrected chi connectivity index (χ0v) is 9.60. The van der Waals surface area contributed by atoms with E-state index < -0.39 is 0 Å². The van der Waals surface area contributed by atoms with E-state index in [9.17, 15) is 0 Å². The summed E-state index contributed by atoms with van der Waals surface area (Å²) in [6, 6.07) is 5.66. The molecule has 1 heterocycles. The highest BCUT2D eigenvalue weighted by Gasteiger charge is 2.09. The molecular formula is C12H14N2O2. The average molecular weight is 218 g/mol. The van der Waals surface area contributed by atoms with Gasteiger partial charge in [-0.05, 0) is 18.2 Å². The minimum Gasteiger partial charge on any atom is -0.497 e. The van der Waals surface area contributed by atoms with E-state index in [-0.39, 0.29) is 0 Å². The van der Waals surface area contributed by atoms with Crippen LogP contribution in [0.4, 0.5) is 0 Å². The molecule has 0 aliphatic rings. The van der Waals surface area contributed by atoms with Crippen molar-refractivity contribution in [2.24, 2.45) is 7.05 Å². The molecule has 1 aromatic carbocycles. The number of aryl methyl sites for hydroxylation is 1. The number of imidazole rings is 1. The molecule has 0 saturated carbocycles. The fourth-order valence-electron chi connectivity index (χ4n) is 1.57.